The number of ether oxygens (including phenoxy) is 3. The number of benzene rings is 4. The highest BCUT2D eigenvalue weighted by Crippen LogP contribution is 2.35. The van der Waals surface area contributed by atoms with Crippen LogP contribution in [0.25, 0.3) is 22.0 Å². The fourth-order valence-electron chi connectivity index (χ4n) is 5.20. The Hall–Kier alpha value is -5.23. The number of nitrogens with one attached hydrogen (secondary N) is 1. The summed E-state index contributed by atoms with van der Waals surface area (Å²) in [6.07, 6.45) is 0.705. The van der Waals surface area contributed by atoms with Crippen LogP contribution in [0.4, 0.5) is 9.18 Å². The molecule has 0 spiro atoms. The summed E-state index contributed by atoms with van der Waals surface area (Å²) in [4.78, 5) is 24.6. The topological polar surface area (TPSA) is 126 Å². The van der Waals surface area contributed by atoms with Gasteiger partial charge < -0.3 is 19.5 Å². The Bertz CT molecular complexity index is 2100. The monoisotopic (exact) mass is 717 g/mol. The van der Waals surface area contributed by atoms with Gasteiger partial charge in [0.05, 0.1) is 29.6 Å². The number of para-hydroxylation sites is 1. The van der Waals surface area contributed by atoms with Crippen LogP contribution in [0.1, 0.15) is 63.8 Å². The van der Waals surface area contributed by atoms with Crippen LogP contribution in [0.3, 0.4) is 0 Å². The van der Waals surface area contributed by atoms with E-state index in [2.05, 4.69) is 10.4 Å². The number of hydrogen-bond donors (Lipinski definition) is 1. The van der Waals surface area contributed by atoms with Crippen LogP contribution in [0.5, 0.6) is 5.75 Å². The first-order valence-electron chi connectivity index (χ1n) is 16.7. The number of fused-ring (bicyclic) bond motifs is 1. The molecule has 0 saturated heterocycles. The van der Waals surface area contributed by atoms with E-state index < -0.39 is 33.5 Å². The second kappa shape index (κ2) is 16.7. The summed E-state index contributed by atoms with van der Waals surface area (Å²) in [5, 5.41) is 7.23. The Morgan fingerprint density at radius 3 is 2.29 bits per heavy atom. The molecule has 0 atom stereocenters. The van der Waals surface area contributed by atoms with Gasteiger partial charge in [0.25, 0.3) is 10.0 Å². The summed E-state index contributed by atoms with van der Waals surface area (Å²) in [5.41, 5.74) is 2.26. The van der Waals surface area contributed by atoms with Crippen molar-refractivity contribution in [1.29, 1.82) is 0 Å². The first-order valence-corrected chi connectivity index (χ1v) is 18.1. The highest BCUT2D eigenvalue weighted by molar-refractivity contribution is 7.90. The molecule has 270 valence electrons. The molecule has 51 heavy (non-hydrogen) atoms. The van der Waals surface area contributed by atoms with Gasteiger partial charge in [0.15, 0.2) is 0 Å². The maximum atomic E-state index is 16.2. The molecule has 0 saturated carbocycles. The molecule has 0 aliphatic carbocycles. The molecule has 1 aromatic heterocycles. The molecule has 0 aliphatic heterocycles. The van der Waals surface area contributed by atoms with Crippen molar-refractivity contribution in [2.24, 2.45) is 0 Å². The number of alkyl carbamates (subject to hydrolysis) is 1. The molecule has 12 heteroatoms. The molecule has 0 fully saturated rings. The summed E-state index contributed by atoms with van der Waals surface area (Å²) < 4.78 is 61.4. The smallest absolute Gasteiger partial charge is 0.407 e. The van der Waals surface area contributed by atoms with Gasteiger partial charge in [-0.15, -0.1) is 0 Å². The van der Waals surface area contributed by atoms with Gasteiger partial charge in [-0.1, -0.05) is 67.9 Å². The Balaban J connectivity index is 0.00000286. The SMILES string of the molecule is CC.CCOC(=O)Cc1ccccc1OCc1cc(-c2cccc(CNC(=O)OC(C)(C)C)c2F)c2cnn(S(=O)(=O)c3ccc(C)cc3)c2c1. The third kappa shape index (κ3) is 9.52. The molecule has 0 unspecified atom stereocenters. The van der Waals surface area contributed by atoms with Crippen molar-refractivity contribution in [1.82, 2.24) is 14.5 Å². The van der Waals surface area contributed by atoms with Crippen molar-refractivity contribution in [3.63, 3.8) is 0 Å². The molecule has 0 aliphatic rings. The molecule has 10 nitrogen and oxygen atoms in total. The number of halogens is 1. The van der Waals surface area contributed by atoms with E-state index in [4.69, 9.17) is 14.2 Å². The lowest BCUT2D eigenvalue weighted by Crippen LogP contribution is -2.32. The largest absolute Gasteiger partial charge is 0.489 e. The minimum atomic E-state index is -4.14. The van der Waals surface area contributed by atoms with Crippen LogP contribution < -0.4 is 10.1 Å². The second-order valence-electron chi connectivity index (χ2n) is 12.4. The van der Waals surface area contributed by atoms with Crippen LogP contribution in [0.15, 0.2) is 90.0 Å². The number of rotatable bonds is 11. The quantitative estimate of drug-likeness (QED) is 0.136. The molecule has 5 aromatic rings. The van der Waals surface area contributed by atoms with Crippen LogP contribution in [0.2, 0.25) is 0 Å². The standard InChI is InChI=1S/C37H38FN3O7S.C2H6/c1-6-46-34(42)20-26-10-7-8-13-33(26)47-23-25-18-30(29-12-9-11-27(35(29)38)21-39-36(43)48-37(3,4)5)31-22-40-41(32(31)19-25)49(44,45)28-16-14-24(2)15-17-28;1-2/h7-19,22H,6,20-21,23H2,1-5H3,(H,39,43);1-2H3. The van der Waals surface area contributed by atoms with Gasteiger partial charge in [0, 0.05) is 28.6 Å². The first-order chi connectivity index (χ1) is 24.3. The van der Waals surface area contributed by atoms with Gasteiger partial charge in [-0.05, 0) is 76.1 Å². The lowest BCUT2D eigenvalue weighted by atomic mass is 9.97. The first kappa shape index (κ1) is 38.6. The number of carbonyl (C=O) groups is 2. The zero-order chi connectivity index (χ0) is 37.3. The fourth-order valence-corrected chi connectivity index (χ4v) is 6.46. The molecule has 1 amide bonds. The molecule has 5 rings (SSSR count). The number of aryl methyl sites for hydroxylation is 1. The van der Waals surface area contributed by atoms with Gasteiger partial charge in [-0.3, -0.25) is 4.79 Å². The summed E-state index contributed by atoms with van der Waals surface area (Å²) in [7, 11) is -4.14. The van der Waals surface area contributed by atoms with Crippen LogP contribution >= 0.6 is 0 Å². The van der Waals surface area contributed by atoms with Crippen LogP contribution in [-0.2, 0) is 43.9 Å². The Morgan fingerprint density at radius 1 is 0.922 bits per heavy atom. The molecular formula is C39H44FN3O7S. The maximum absolute atomic E-state index is 16.2. The van der Waals surface area contributed by atoms with Crippen molar-refractivity contribution in [2.75, 3.05) is 6.61 Å². The molecule has 1 heterocycles. The summed E-state index contributed by atoms with van der Waals surface area (Å²) >= 11 is 0. The van der Waals surface area contributed by atoms with Crippen molar-refractivity contribution >= 4 is 33.0 Å². The van der Waals surface area contributed by atoms with E-state index in [9.17, 15) is 18.0 Å². The van der Waals surface area contributed by atoms with Gasteiger partial charge >= 0.3 is 12.1 Å². The van der Waals surface area contributed by atoms with E-state index in [0.717, 1.165) is 9.65 Å². The van der Waals surface area contributed by atoms with Crippen molar-refractivity contribution < 1.29 is 36.6 Å². The van der Waals surface area contributed by atoms with E-state index in [1.807, 2.05) is 20.8 Å². The second-order valence-corrected chi connectivity index (χ2v) is 14.2. The third-order valence-electron chi connectivity index (χ3n) is 7.46. The highest BCUT2D eigenvalue weighted by Gasteiger charge is 2.24. The minimum absolute atomic E-state index is 0.00516. The minimum Gasteiger partial charge on any atom is -0.489 e. The van der Waals surface area contributed by atoms with E-state index >= 15 is 4.39 Å². The fraction of sp³-hybridized carbons (Fsp3) is 0.308. The van der Waals surface area contributed by atoms with Gasteiger partial charge in [-0.2, -0.15) is 17.6 Å². The molecule has 4 aromatic carbocycles. The summed E-state index contributed by atoms with van der Waals surface area (Å²) in [6.45, 7) is 12.8. The highest BCUT2D eigenvalue weighted by atomic mass is 32.2. The lowest BCUT2D eigenvalue weighted by molar-refractivity contribution is -0.142. The Labute approximate surface area is 298 Å². The van der Waals surface area contributed by atoms with Gasteiger partial charge in [0.2, 0.25) is 0 Å². The molecular weight excluding hydrogens is 674 g/mol. The molecule has 0 radical (unpaired) electrons. The average Bonchev–Trinajstić information content (AvgIpc) is 3.53. The average molecular weight is 718 g/mol. The number of esters is 1. The van der Waals surface area contributed by atoms with Crippen LogP contribution in [0, 0.1) is 12.7 Å². The molecule has 0 bridgehead atoms. The zero-order valence-electron chi connectivity index (χ0n) is 29.9. The number of nitrogens with zero attached hydrogens (tertiary/aromatic N) is 2. The van der Waals surface area contributed by atoms with E-state index in [-0.39, 0.29) is 47.7 Å². The van der Waals surface area contributed by atoms with E-state index in [1.165, 1.54) is 18.3 Å². The number of carbonyl (C=O) groups excluding carboxylic acids is 2. The number of hydrogen-bond acceptors (Lipinski definition) is 8. The number of amides is 1. The lowest BCUT2D eigenvalue weighted by Gasteiger charge is -2.20. The summed E-state index contributed by atoms with van der Waals surface area (Å²) in [6, 6.07) is 21.6. The van der Waals surface area contributed by atoms with Gasteiger partial charge in [0.1, 0.15) is 23.8 Å². The van der Waals surface area contributed by atoms with Crippen molar-refractivity contribution in [3.05, 3.63) is 113 Å². The molecule has 1 N–H and O–H groups in total. The predicted molar refractivity (Wildman–Crippen MR) is 194 cm³/mol. The summed E-state index contributed by atoms with van der Waals surface area (Å²) in [5.74, 6) is -0.560. The number of aromatic nitrogens is 2. The van der Waals surface area contributed by atoms with E-state index in [0.29, 0.717) is 27.8 Å². The third-order valence-corrected chi connectivity index (χ3v) is 9.07. The van der Waals surface area contributed by atoms with Crippen molar-refractivity contribution in [3.8, 4) is 16.9 Å². The Kier molecular flexibility index (Phi) is 12.6. The zero-order valence-corrected chi connectivity index (χ0v) is 30.8. The maximum Gasteiger partial charge on any atom is 0.407 e. The normalized spacial score (nSPS) is 11.4. The van der Waals surface area contributed by atoms with Crippen LogP contribution in [-0.4, -0.2) is 41.9 Å². The van der Waals surface area contributed by atoms with Gasteiger partial charge in [-0.25, -0.2) is 9.18 Å². The van der Waals surface area contributed by atoms with Crippen molar-refractivity contribution in [2.45, 2.75) is 78.5 Å². The Morgan fingerprint density at radius 2 is 1.61 bits per heavy atom. The predicted octanol–water partition coefficient (Wildman–Crippen LogP) is 8.12. The van der Waals surface area contributed by atoms with E-state index in [1.54, 1.807) is 94.4 Å².